The molecule has 1 N–H and O–H groups in total. The van der Waals surface area contributed by atoms with E-state index in [1.165, 1.54) is 12.1 Å². The number of aryl methyl sites for hydroxylation is 1. The summed E-state index contributed by atoms with van der Waals surface area (Å²) in [5, 5.41) is 3.80. The van der Waals surface area contributed by atoms with E-state index in [4.69, 9.17) is 16.3 Å². The van der Waals surface area contributed by atoms with Crippen molar-refractivity contribution in [1.29, 1.82) is 0 Å². The van der Waals surface area contributed by atoms with E-state index in [0.29, 0.717) is 17.9 Å². The topological polar surface area (TPSA) is 34.1 Å². The van der Waals surface area contributed by atoms with E-state index in [1.807, 2.05) is 31.2 Å². The van der Waals surface area contributed by atoms with Gasteiger partial charge < -0.3 is 10.1 Å². The summed E-state index contributed by atoms with van der Waals surface area (Å²) in [4.78, 5) is 4.50. The Morgan fingerprint density at radius 1 is 1.15 bits per heavy atom. The summed E-state index contributed by atoms with van der Waals surface area (Å²) in [5.41, 5.74) is 2.16. The van der Waals surface area contributed by atoms with Crippen LogP contribution in [0.3, 0.4) is 0 Å². The van der Waals surface area contributed by atoms with Gasteiger partial charge in [0, 0.05) is 23.3 Å². The molecule has 0 amide bonds. The molecule has 0 aliphatic carbocycles. The molecule has 3 aromatic rings. The minimum atomic E-state index is -4.46. The number of nitrogens with zero attached hydrogens (tertiary/aromatic N) is 1. The van der Waals surface area contributed by atoms with E-state index in [1.54, 1.807) is 7.11 Å². The van der Waals surface area contributed by atoms with Crippen LogP contribution in [-0.2, 0) is 12.7 Å². The molecule has 0 fully saturated rings. The summed E-state index contributed by atoms with van der Waals surface area (Å²) in [6.45, 7) is 2.19. The van der Waals surface area contributed by atoms with Crippen molar-refractivity contribution in [2.75, 3.05) is 12.4 Å². The van der Waals surface area contributed by atoms with Crippen molar-refractivity contribution < 1.29 is 17.9 Å². The normalized spacial score (nSPS) is 11.6. The minimum Gasteiger partial charge on any atom is -0.494 e. The second-order valence-electron chi connectivity index (χ2n) is 5.83. The van der Waals surface area contributed by atoms with Crippen LogP contribution in [0.15, 0.2) is 42.5 Å². The molecule has 0 unspecified atom stereocenters. The number of aromatic nitrogens is 1. The number of benzene rings is 2. The number of anilines is 1. The molecule has 0 saturated carbocycles. The standard InChI is InChI=1S/C19H16ClF3N2O/c1-11-8-16(13-4-3-5-17(26-2)18(13)25-11)24-10-12-6-7-14(15(20)9-12)19(21,22)23/h3-9H,10H2,1-2H3,(H,24,25). The van der Waals surface area contributed by atoms with Crippen molar-refractivity contribution in [1.82, 2.24) is 4.98 Å². The fraction of sp³-hybridized carbons (Fsp3) is 0.211. The van der Waals surface area contributed by atoms with Gasteiger partial charge in [0.05, 0.1) is 17.7 Å². The SMILES string of the molecule is COc1cccc2c(NCc3ccc(C(F)(F)F)c(Cl)c3)cc(C)nc12. The zero-order chi connectivity index (χ0) is 18.9. The van der Waals surface area contributed by atoms with Crippen LogP contribution in [0.4, 0.5) is 18.9 Å². The lowest BCUT2D eigenvalue weighted by atomic mass is 10.1. The first-order valence-corrected chi connectivity index (χ1v) is 8.21. The van der Waals surface area contributed by atoms with E-state index in [0.717, 1.165) is 28.4 Å². The molecule has 0 aliphatic heterocycles. The molecular weight excluding hydrogens is 365 g/mol. The van der Waals surface area contributed by atoms with E-state index in [2.05, 4.69) is 10.3 Å². The monoisotopic (exact) mass is 380 g/mol. The van der Waals surface area contributed by atoms with Gasteiger partial charge in [-0.05, 0) is 36.8 Å². The van der Waals surface area contributed by atoms with Gasteiger partial charge in [0.25, 0.3) is 0 Å². The number of halogens is 4. The van der Waals surface area contributed by atoms with E-state index in [-0.39, 0.29) is 5.02 Å². The predicted molar refractivity (Wildman–Crippen MR) is 96.8 cm³/mol. The Labute approximate surface area is 153 Å². The third-order valence-electron chi connectivity index (χ3n) is 3.97. The molecule has 0 radical (unpaired) electrons. The van der Waals surface area contributed by atoms with Crippen molar-refractivity contribution in [3.8, 4) is 5.75 Å². The molecular formula is C19H16ClF3N2O. The van der Waals surface area contributed by atoms with Gasteiger partial charge >= 0.3 is 6.18 Å². The smallest absolute Gasteiger partial charge is 0.417 e. The third-order valence-corrected chi connectivity index (χ3v) is 4.29. The highest BCUT2D eigenvalue weighted by Crippen LogP contribution is 2.35. The molecule has 7 heteroatoms. The number of nitrogens with one attached hydrogen (secondary N) is 1. The first-order chi connectivity index (χ1) is 12.3. The van der Waals surface area contributed by atoms with Crippen LogP contribution in [0.1, 0.15) is 16.8 Å². The summed E-state index contributed by atoms with van der Waals surface area (Å²) in [5.74, 6) is 0.659. The maximum atomic E-state index is 12.8. The van der Waals surface area contributed by atoms with Gasteiger partial charge in [0.1, 0.15) is 11.3 Å². The number of alkyl halides is 3. The summed E-state index contributed by atoms with van der Waals surface area (Å²) in [6, 6.07) is 11.2. The number of fused-ring (bicyclic) bond motifs is 1. The van der Waals surface area contributed by atoms with Crippen LogP contribution in [0.2, 0.25) is 5.02 Å². The summed E-state index contributed by atoms with van der Waals surface area (Å²) in [6.07, 6.45) is -4.46. The van der Waals surface area contributed by atoms with Gasteiger partial charge in [0.2, 0.25) is 0 Å². The summed E-state index contributed by atoms with van der Waals surface area (Å²) < 4.78 is 43.8. The van der Waals surface area contributed by atoms with Crippen molar-refractivity contribution in [3.63, 3.8) is 0 Å². The first-order valence-electron chi connectivity index (χ1n) is 7.83. The zero-order valence-corrected chi connectivity index (χ0v) is 14.9. The molecule has 3 rings (SSSR count). The molecule has 0 spiro atoms. The van der Waals surface area contributed by atoms with Gasteiger partial charge in [-0.3, -0.25) is 0 Å². The molecule has 0 atom stereocenters. The number of ether oxygens (including phenoxy) is 1. The number of rotatable bonds is 4. The Morgan fingerprint density at radius 2 is 1.92 bits per heavy atom. The Morgan fingerprint density at radius 3 is 2.58 bits per heavy atom. The Hall–Kier alpha value is -2.47. The number of methoxy groups -OCH3 is 1. The lowest BCUT2D eigenvalue weighted by Gasteiger charge is -2.14. The average molecular weight is 381 g/mol. The number of hydrogen-bond donors (Lipinski definition) is 1. The van der Waals surface area contributed by atoms with Gasteiger partial charge in [-0.2, -0.15) is 13.2 Å². The molecule has 0 aliphatic rings. The summed E-state index contributed by atoms with van der Waals surface area (Å²) >= 11 is 5.78. The van der Waals surface area contributed by atoms with E-state index >= 15 is 0 Å². The number of hydrogen-bond acceptors (Lipinski definition) is 3. The largest absolute Gasteiger partial charge is 0.494 e. The van der Waals surface area contributed by atoms with Gasteiger partial charge in [-0.1, -0.05) is 29.8 Å². The van der Waals surface area contributed by atoms with Crippen LogP contribution >= 0.6 is 11.6 Å². The van der Waals surface area contributed by atoms with Crippen molar-refractivity contribution >= 4 is 28.2 Å². The Kier molecular flexibility index (Phi) is 4.96. The lowest BCUT2D eigenvalue weighted by molar-refractivity contribution is -0.137. The van der Waals surface area contributed by atoms with Gasteiger partial charge in [0.15, 0.2) is 0 Å². The molecule has 2 aromatic carbocycles. The highest BCUT2D eigenvalue weighted by molar-refractivity contribution is 6.31. The molecule has 136 valence electrons. The second-order valence-corrected chi connectivity index (χ2v) is 6.24. The van der Waals surface area contributed by atoms with Crippen molar-refractivity contribution in [2.45, 2.75) is 19.6 Å². The Balaban J connectivity index is 1.90. The van der Waals surface area contributed by atoms with Crippen LogP contribution in [0, 0.1) is 6.92 Å². The second kappa shape index (κ2) is 7.03. The van der Waals surface area contributed by atoms with Gasteiger partial charge in [-0.25, -0.2) is 4.98 Å². The summed E-state index contributed by atoms with van der Waals surface area (Å²) in [7, 11) is 1.58. The molecule has 0 saturated heterocycles. The first kappa shape index (κ1) is 18.3. The van der Waals surface area contributed by atoms with Crippen molar-refractivity contribution in [2.24, 2.45) is 0 Å². The van der Waals surface area contributed by atoms with Crippen LogP contribution < -0.4 is 10.1 Å². The molecule has 3 nitrogen and oxygen atoms in total. The lowest BCUT2D eigenvalue weighted by Crippen LogP contribution is -2.07. The molecule has 1 heterocycles. The average Bonchev–Trinajstić information content (AvgIpc) is 2.58. The predicted octanol–water partition coefficient (Wildman–Crippen LogP) is 5.84. The Bertz CT molecular complexity index is 957. The number of pyridine rings is 1. The third kappa shape index (κ3) is 3.70. The quantitative estimate of drug-likeness (QED) is 0.617. The van der Waals surface area contributed by atoms with Crippen LogP contribution in [-0.4, -0.2) is 12.1 Å². The minimum absolute atomic E-state index is 0.311. The van der Waals surface area contributed by atoms with Crippen LogP contribution in [0.5, 0.6) is 5.75 Å². The molecule has 1 aromatic heterocycles. The maximum Gasteiger partial charge on any atom is 0.417 e. The van der Waals surface area contributed by atoms with Gasteiger partial charge in [-0.15, -0.1) is 0 Å². The van der Waals surface area contributed by atoms with Crippen molar-refractivity contribution in [3.05, 3.63) is 64.3 Å². The van der Waals surface area contributed by atoms with Crippen LogP contribution in [0.25, 0.3) is 10.9 Å². The van der Waals surface area contributed by atoms with E-state index in [9.17, 15) is 13.2 Å². The fourth-order valence-corrected chi connectivity index (χ4v) is 3.07. The maximum absolute atomic E-state index is 12.8. The molecule has 0 bridgehead atoms. The fourth-order valence-electron chi connectivity index (χ4n) is 2.76. The molecule has 26 heavy (non-hydrogen) atoms. The number of para-hydroxylation sites is 1. The highest BCUT2D eigenvalue weighted by atomic mass is 35.5. The van der Waals surface area contributed by atoms with E-state index < -0.39 is 11.7 Å². The zero-order valence-electron chi connectivity index (χ0n) is 14.1. The highest BCUT2D eigenvalue weighted by Gasteiger charge is 2.32.